The summed E-state index contributed by atoms with van der Waals surface area (Å²) in [5.41, 5.74) is 0.986. The molecule has 5 nitrogen and oxygen atoms in total. The van der Waals surface area contributed by atoms with E-state index >= 15 is 0 Å². The largest absolute Gasteiger partial charge is 0.331 e. The zero-order valence-corrected chi connectivity index (χ0v) is 16.9. The van der Waals surface area contributed by atoms with E-state index in [0.717, 1.165) is 18.4 Å². The molecule has 6 heteroatoms. The molecule has 0 spiro atoms. The maximum absolute atomic E-state index is 13.3. The van der Waals surface area contributed by atoms with Gasteiger partial charge in [0, 0.05) is 6.04 Å². The van der Waals surface area contributed by atoms with Gasteiger partial charge in [-0.15, -0.1) is 11.3 Å². The third kappa shape index (κ3) is 3.23. The number of thiophene rings is 1. The first kappa shape index (κ1) is 18.1. The van der Waals surface area contributed by atoms with Gasteiger partial charge in [0.05, 0.1) is 17.8 Å². The summed E-state index contributed by atoms with van der Waals surface area (Å²) >= 11 is 1.43. The van der Waals surface area contributed by atoms with Crippen molar-refractivity contribution in [2.75, 3.05) is 0 Å². The third-order valence-corrected chi connectivity index (χ3v) is 6.50. The van der Waals surface area contributed by atoms with Gasteiger partial charge in [-0.3, -0.25) is 14.2 Å². The lowest BCUT2D eigenvalue weighted by Gasteiger charge is -2.31. The van der Waals surface area contributed by atoms with E-state index in [0.29, 0.717) is 10.2 Å². The molecule has 2 aromatic carbocycles. The number of aromatic nitrogens is 2. The highest BCUT2D eigenvalue weighted by atomic mass is 32.1. The van der Waals surface area contributed by atoms with Crippen molar-refractivity contribution in [3.8, 4) is 0 Å². The first-order valence-electron chi connectivity index (χ1n) is 9.85. The molecule has 1 amide bonds. The molecular formula is C23H21N3O2S. The Balaban J connectivity index is 1.48. The predicted molar refractivity (Wildman–Crippen MR) is 116 cm³/mol. The lowest BCUT2D eigenvalue weighted by atomic mass is 9.98. The Morgan fingerprint density at radius 2 is 1.97 bits per heavy atom. The van der Waals surface area contributed by atoms with E-state index in [1.807, 2.05) is 28.5 Å². The molecule has 1 fully saturated rings. The van der Waals surface area contributed by atoms with Crippen LogP contribution in [0.25, 0.3) is 21.0 Å². The van der Waals surface area contributed by atoms with Gasteiger partial charge in [0.15, 0.2) is 0 Å². The fourth-order valence-electron chi connectivity index (χ4n) is 4.09. The summed E-state index contributed by atoms with van der Waals surface area (Å²) in [6, 6.07) is 16.4. The van der Waals surface area contributed by atoms with Crippen LogP contribution in [0.15, 0.2) is 65.0 Å². The number of hydrogen-bond donors (Lipinski definition) is 0. The van der Waals surface area contributed by atoms with Crippen LogP contribution in [0.3, 0.4) is 0 Å². The Kier molecular flexibility index (Phi) is 4.43. The van der Waals surface area contributed by atoms with Crippen molar-refractivity contribution in [3.05, 3.63) is 76.2 Å². The van der Waals surface area contributed by atoms with Gasteiger partial charge in [-0.1, -0.05) is 42.5 Å². The molecule has 0 radical (unpaired) electrons. The van der Waals surface area contributed by atoms with E-state index < -0.39 is 0 Å². The number of amides is 1. The number of benzene rings is 2. The number of nitrogens with zero attached hydrogens (tertiary/aromatic N) is 3. The molecule has 0 saturated heterocycles. The highest BCUT2D eigenvalue weighted by Gasteiger charge is 2.36. The van der Waals surface area contributed by atoms with Gasteiger partial charge < -0.3 is 4.90 Å². The Morgan fingerprint density at radius 3 is 2.79 bits per heavy atom. The summed E-state index contributed by atoms with van der Waals surface area (Å²) in [7, 11) is 0. The van der Waals surface area contributed by atoms with E-state index in [9.17, 15) is 9.59 Å². The van der Waals surface area contributed by atoms with Crippen molar-refractivity contribution < 1.29 is 4.79 Å². The first-order valence-corrected chi connectivity index (χ1v) is 10.7. The average Bonchev–Trinajstić information content (AvgIpc) is 3.44. The van der Waals surface area contributed by atoms with Crippen LogP contribution in [0.1, 0.15) is 31.4 Å². The Labute approximate surface area is 172 Å². The summed E-state index contributed by atoms with van der Waals surface area (Å²) in [5, 5.41) is 4.76. The smallest absolute Gasteiger partial charge is 0.262 e. The Bertz CT molecular complexity index is 1270. The SMILES string of the molecule is CC(c1cccc2ccccc12)N(C(=O)Cn1cnc2sccc2c1=O)C1CC1. The second-order valence-electron chi connectivity index (χ2n) is 7.59. The molecule has 5 rings (SSSR count). The number of fused-ring (bicyclic) bond motifs is 2. The topological polar surface area (TPSA) is 55.2 Å². The minimum absolute atomic E-state index is 0.0171. The second-order valence-corrected chi connectivity index (χ2v) is 8.49. The van der Waals surface area contributed by atoms with Crippen LogP contribution in [-0.4, -0.2) is 26.4 Å². The summed E-state index contributed by atoms with van der Waals surface area (Å²) < 4.78 is 1.43. The highest BCUT2D eigenvalue weighted by molar-refractivity contribution is 7.16. The molecule has 4 aromatic rings. The molecule has 29 heavy (non-hydrogen) atoms. The van der Waals surface area contributed by atoms with Crippen LogP contribution in [0.2, 0.25) is 0 Å². The van der Waals surface area contributed by atoms with Crippen LogP contribution in [0, 0.1) is 0 Å². The van der Waals surface area contributed by atoms with Gasteiger partial charge in [0.25, 0.3) is 5.56 Å². The van der Waals surface area contributed by atoms with Crippen molar-refractivity contribution >= 4 is 38.2 Å². The van der Waals surface area contributed by atoms with Crippen molar-refractivity contribution in [2.45, 2.75) is 38.4 Å². The van der Waals surface area contributed by atoms with Crippen molar-refractivity contribution in [1.29, 1.82) is 0 Å². The van der Waals surface area contributed by atoms with Gasteiger partial charge in [-0.05, 0) is 47.5 Å². The number of carbonyl (C=O) groups is 1. The predicted octanol–water partition coefficient (Wildman–Crippen LogP) is 4.36. The number of hydrogen-bond acceptors (Lipinski definition) is 4. The fraction of sp³-hybridized carbons (Fsp3) is 0.261. The minimum Gasteiger partial charge on any atom is -0.331 e. The summed E-state index contributed by atoms with van der Waals surface area (Å²) in [4.78, 5) is 33.0. The van der Waals surface area contributed by atoms with Crippen LogP contribution in [0.4, 0.5) is 0 Å². The molecule has 1 unspecified atom stereocenters. The normalized spacial score (nSPS) is 14.9. The molecule has 0 bridgehead atoms. The van der Waals surface area contributed by atoms with Crippen molar-refractivity contribution in [2.24, 2.45) is 0 Å². The molecule has 146 valence electrons. The van der Waals surface area contributed by atoms with Gasteiger partial charge in [-0.25, -0.2) is 4.98 Å². The van der Waals surface area contributed by atoms with E-state index in [4.69, 9.17) is 0 Å². The molecular weight excluding hydrogens is 382 g/mol. The highest BCUT2D eigenvalue weighted by Crippen LogP contribution is 2.36. The Morgan fingerprint density at radius 1 is 1.17 bits per heavy atom. The second kappa shape index (κ2) is 7.12. The zero-order chi connectivity index (χ0) is 20.0. The summed E-state index contributed by atoms with van der Waals surface area (Å²) in [6.45, 7) is 2.10. The van der Waals surface area contributed by atoms with Gasteiger partial charge in [0.2, 0.25) is 5.91 Å². The Hall–Kier alpha value is -2.99. The van der Waals surface area contributed by atoms with E-state index in [2.05, 4.69) is 36.2 Å². The van der Waals surface area contributed by atoms with Crippen LogP contribution in [0.5, 0.6) is 0 Å². The lowest BCUT2D eigenvalue weighted by molar-refractivity contribution is -0.134. The molecule has 2 aromatic heterocycles. The fourth-order valence-corrected chi connectivity index (χ4v) is 4.81. The van der Waals surface area contributed by atoms with Crippen LogP contribution < -0.4 is 5.56 Å². The number of carbonyl (C=O) groups excluding carboxylic acids is 1. The molecule has 1 saturated carbocycles. The third-order valence-electron chi connectivity index (χ3n) is 5.67. The minimum atomic E-state index is -0.154. The molecule has 0 N–H and O–H groups in total. The van der Waals surface area contributed by atoms with E-state index in [-0.39, 0.29) is 30.1 Å². The maximum Gasteiger partial charge on any atom is 0.262 e. The molecule has 2 heterocycles. The molecule has 1 aliphatic carbocycles. The molecule has 1 aliphatic rings. The van der Waals surface area contributed by atoms with Gasteiger partial charge in [0.1, 0.15) is 11.4 Å². The summed E-state index contributed by atoms with van der Waals surface area (Å²) in [5.74, 6) is -0.0357. The average molecular weight is 404 g/mol. The van der Waals surface area contributed by atoms with E-state index in [1.165, 1.54) is 33.0 Å². The van der Waals surface area contributed by atoms with Gasteiger partial charge >= 0.3 is 0 Å². The molecule has 1 atom stereocenters. The lowest BCUT2D eigenvalue weighted by Crippen LogP contribution is -2.39. The van der Waals surface area contributed by atoms with Crippen molar-refractivity contribution in [1.82, 2.24) is 14.5 Å². The van der Waals surface area contributed by atoms with Crippen LogP contribution in [-0.2, 0) is 11.3 Å². The summed E-state index contributed by atoms with van der Waals surface area (Å²) in [6.07, 6.45) is 3.52. The maximum atomic E-state index is 13.3. The zero-order valence-electron chi connectivity index (χ0n) is 16.1. The number of rotatable bonds is 5. The quantitative estimate of drug-likeness (QED) is 0.497. The first-order chi connectivity index (χ1) is 14.1. The van der Waals surface area contributed by atoms with Gasteiger partial charge in [-0.2, -0.15) is 0 Å². The monoisotopic (exact) mass is 403 g/mol. The molecule has 0 aliphatic heterocycles. The standard InChI is InChI=1S/C23H21N3O2S/c1-15(18-8-4-6-16-5-2-3-7-19(16)18)26(17-9-10-17)21(27)13-25-14-24-22-20(23(25)28)11-12-29-22/h2-8,11-12,14-15,17H,9-10,13H2,1H3. The van der Waals surface area contributed by atoms with E-state index in [1.54, 1.807) is 6.07 Å². The van der Waals surface area contributed by atoms with Crippen LogP contribution >= 0.6 is 11.3 Å². The van der Waals surface area contributed by atoms with Crippen molar-refractivity contribution in [3.63, 3.8) is 0 Å².